The molecule has 0 fully saturated rings. The van der Waals surface area contributed by atoms with E-state index in [4.69, 9.17) is 4.74 Å². The number of hydrogen-bond donors (Lipinski definition) is 3. The summed E-state index contributed by atoms with van der Waals surface area (Å²) in [5.41, 5.74) is 1.26. The summed E-state index contributed by atoms with van der Waals surface area (Å²) in [5, 5.41) is 8.10. The maximum absolute atomic E-state index is 11.9. The SMILES string of the molecule is COc1ccc(C(=O)NCCNC(=O)Nc2ccccc2)cc1. The van der Waals surface area contributed by atoms with Crippen LogP contribution in [0.15, 0.2) is 54.6 Å². The van der Waals surface area contributed by atoms with Crippen molar-refractivity contribution < 1.29 is 14.3 Å². The van der Waals surface area contributed by atoms with Crippen LogP contribution >= 0.6 is 0 Å². The van der Waals surface area contributed by atoms with E-state index in [-0.39, 0.29) is 11.9 Å². The zero-order chi connectivity index (χ0) is 16.5. The number of anilines is 1. The number of nitrogens with one attached hydrogen (secondary N) is 3. The molecule has 2 aromatic rings. The third-order valence-corrected chi connectivity index (χ3v) is 3.08. The lowest BCUT2D eigenvalue weighted by molar-refractivity contribution is 0.0954. The number of carbonyl (C=O) groups excluding carboxylic acids is 2. The van der Waals surface area contributed by atoms with E-state index in [1.165, 1.54) is 0 Å². The van der Waals surface area contributed by atoms with Crippen molar-refractivity contribution in [2.45, 2.75) is 0 Å². The molecule has 0 bridgehead atoms. The number of rotatable bonds is 6. The summed E-state index contributed by atoms with van der Waals surface area (Å²) in [6, 6.07) is 15.6. The van der Waals surface area contributed by atoms with Gasteiger partial charge in [0.25, 0.3) is 5.91 Å². The molecule has 3 amide bonds. The van der Waals surface area contributed by atoms with Gasteiger partial charge in [0, 0.05) is 24.3 Å². The van der Waals surface area contributed by atoms with Crippen molar-refractivity contribution >= 4 is 17.6 Å². The molecule has 2 rings (SSSR count). The van der Waals surface area contributed by atoms with Gasteiger partial charge >= 0.3 is 6.03 Å². The number of amides is 3. The fraction of sp³-hybridized carbons (Fsp3) is 0.176. The lowest BCUT2D eigenvalue weighted by Crippen LogP contribution is -2.36. The first-order valence-corrected chi connectivity index (χ1v) is 7.21. The Morgan fingerprint density at radius 1 is 0.913 bits per heavy atom. The highest BCUT2D eigenvalue weighted by molar-refractivity contribution is 5.94. The number of methoxy groups -OCH3 is 1. The molecule has 0 aliphatic rings. The molecule has 0 saturated carbocycles. The number of ether oxygens (including phenoxy) is 1. The number of benzene rings is 2. The molecular formula is C17H19N3O3. The molecule has 0 aliphatic heterocycles. The molecule has 0 aromatic heterocycles. The van der Waals surface area contributed by atoms with Gasteiger partial charge in [-0.1, -0.05) is 18.2 Å². The Balaban J connectivity index is 1.68. The van der Waals surface area contributed by atoms with E-state index in [0.717, 1.165) is 0 Å². The Bertz CT molecular complexity index is 642. The first-order chi connectivity index (χ1) is 11.2. The molecule has 3 N–H and O–H groups in total. The second kappa shape index (κ2) is 8.43. The van der Waals surface area contributed by atoms with Gasteiger partial charge in [0.2, 0.25) is 0 Å². The number of carbonyl (C=O) groups is 2. The Morgan fingerprint density at radius 3 is 2.22 bits per heavy atom. The summed E-state index contributed by atoms with van der Waals surface area (Å²) in [4.78, 5) is 23.5. The van der Waals surface area contributed by atoms with Gasteiger partial charge in [-0.25, -0.2) is 4.79 Å². The van der Waals surface area contributed by atoms with Crippen LogP contribution < -0.4 is 20.7 Å². The lowest BCUT2D eigenvalue weighted by Gasteiger charge is -2.09. The normalized spacial score (nSPS) is 9.78. The summed E-state index contributed by atoms with van der Waals surface area (Å²) in [7, 11) is 1.57. The summed E-state index contributed by atoms with van der Waals surface area (Å²) < 4.78 is 5.04. The molecule has 0 aliphatic carbocycles. The van der Waals surface area contributed by atoms with Crippen LogP contribution in [0.1, 0.15) is 10.4 Å². The predicted octanol–water partition coefficient (Wildman–Crippen LogP) is 2.25. The van der Waals surface area contributed by atoms with E-state index < -0.39 is 0 Å². The molecule has 2 aromatic carbocycles. The summed E-state index contributed by atoms with van der Waals surface area (Å²) >= 11 is 0. The van der Waals surface area contributed by atoms with Crippen LogP contribution in [-0.2, 0) is 0 Å². The quantitative estimate of drug-likeness (QED) is 0.716. The molecule has 6 nitrogen and oxygen atoms in total. The largest absolute Gasteiger partial charge is 0.497 e. The van der Waals surface area contributed by atoms with Gasteiger partial charge in [-0.15, -0.1) is 0 Å². The van der Waals surface area contributed by atoms with Crippen LogP contribution in [0.2, 0.25) is 0 Å². The van der Waals surface area contributed by atoms with Crippen LogP contribution in [0.4, 0.5) is 10.5 Å². The zero-order valence-electron chi connectivity index (χ0n) is 12.8. The summed E-state index contributed by atoms with van der Waals surface area (Å²) in [6.45, 7) is 0.674. The van der Waals surface area contributed by atoms with Crippen molar-refractivity contribution in [2.24, 2.45) is 0 Å². The highest BCUT2D eigenvalue weighted by Gasteiger charge is 2.05. The summed E-state index contributed by atoms with van der Waals surface area (Å²) in [5.74, 6) is 0.499. The third kappa shape index (κ3) is 5.35. The number of para-hydroxylation sites is 1. The molecule has 0 heterocycles. The molecule has 6 heteroatoms. The first kappa shape index (κ1) is 16.4. The van der Waals surface area contributed by atoms with Crippen molar-refractivity contribution in [3.05, 3.63) is 60.2 Å². The Labute approximate surface area is 134 Å². The average molecular weight is 313 g/mol. The van der Waals surface area contributed by atoms with Crippen molar-refractivity contribution in [2.75, 3.05) is 25.5 Å². The van der Waals surface area contributed by atoms with Crippen LogP contribution in [0.25, 0.3) is 0 Å². The third-order valence-electron chi connectivity index (χ3n) is 3.08. The summed E-state index contributed by atoms with van der Waals surface area (Å²) in [6.07, 6.45) is 0. The predicted molar refractivity (Wildman–Crippen MR) is 88.8 cm³/mol. The fourth-order valence-corrected chi connectivity index (χ4v) is 1.89. The van der Waals surface area contributed by atoms with Crippen molar-refractivity contribution in [3.63, 3.8) is 0 Å². The molecule has 0 radical (unpaired) electrons. The van der Waals surface area contributed by atoms with E-state index in [0.29, 0.717) is 30.1 Å². The van der Waals surface area contributed by atoms with E-state index in [1.54, 1.807) is 43.5 Å². The lowest BCUT2D eigenvalue weighted by atomic mass is 10.2. The first-order valence-electron chi connectivity index (χ1n) is 7.21. The zero-order valence-corrected chi connectivity index (χ0v) is 12.8. The topological polar surface area (TPSA) is 79.5 Å². The van der Waals surface area contributed by atoms with E-state index in [1.807, 2.05) is 18.2 Å². The van der Waals surface area contributed by atoms with Crippen LogP contribution in [-0.4, -0.2) is 32.1 Å². The van der Waals surface area contributed by atoms with Crippen LogP contribution in [0.5, 0.6) is 5.75 Å². The van der Waals surface area contributed by atoms with Crippen molar-refractivity contribution in [1.82, 2.24) is 10.6 Å². The van der Waals surface area contributed by atoms with Gasteiger partial charge < -0.3 is 20.7 Å². The van der Waals surface area contributed by atoms with Crippen molar-refractivity contribution in [3.8, 4) is 5.75 Å². The highest BCUT2D eigenvalue weighted by Crippen LogP contribution is 2.10. The van der Waals surface area contributed by atoms with Gasteiger partial charge in [-0.3, -0.25) is 4.79 Å². The maximum atomic E-state index is 11.9. The molecule has 0 saturated heterocycles. The standard InChI is InChI=1S/C17H19N3O3/c1-23-15-9-7-13(8-10-15)16(21)18-11-12-19-17(22)20-14-5-3-2-4-6-14/h2-10H,11-12H2,1H3,(H,18,21)(H2,19,20,22). The highest BCUT2D eigenvalue weighted by atomic mass is 16.5. The van der Waals surface area contributed by atoms with Gasteiger partial charge in [-0.2, -0.15) is 0 Å². The number of hydrogen-bond acceptors (Lipinski definition) is 3. The maximum Gasteiger partial charge on any atom is 0.319 e. The Kier molecular flexibility index (Phi) is 5.99. The second-order valence-corrected chi connectivity index (χ2v) is 4.73. The van der Waals surface area contributed by atoms with E-state index in [2.05, 4.69) is 16.0 Å². The molecular weight excluding hydrogens is 294 g/mol. The average Bonchev–Trinajstić information content (AvgIpc) is 2.59. The minimum Gasteiger partial charge on any atom is -0.497 e. The van der Waals surface area contributed by atoms with Crippen LogP contribution in [0, 0.1) is 0 Å². The Morgan fingerprint density at radius 2 is 1.57 bits per heavy atom. The van der Waals surface area contributed by atoms with E-state index in [9.17, 15) is 9.59 Å². The van der Waals surface area contributed by atoms with E-state index >= 15 is 0 Å². The molecule has 120 valence electrons. The molecule has 0 atom stereocenters. The second-order valence-electron chi connectivity index (χ2n) is 4.73. The van der Waals surface area contributed by atoms with Gasteiger partial charge in [-0.05, 0) is 36.4 Å². The molecule has 0 unspecified atom stereocenters. The monoisotopic (exact) mass is 313 g/mol. The minimum absolute atomic E-state index is 0.196. The molecule has 0 spiro atoms. The van der Waals surface area contributed by atoms with Crippen LogP contribution in [0.3, 0.4) is 0 Å². The smallest absolute Gasteiger partial charge is 0.319 e. The van der Waals surface area contributed by atoms with Gasteiger partial charge in [0.05, 0.1) is 7.11 Å². The molecule has 23 heavy (non-hydrogen) atoms. The fourth-order valence-electron chi connectivity index (χ4n) is 1.89. The Hall–Kier alpha value is -3.02. The van der Waals surface area contributed by atoms with Gasteiger partial charge in [0.1, 0.15) is 5.75 Å². The van der Waals surface area contributed by atoms with Crippen molar-refractivity contribution in [1.29, 1.82) is 0 Å². The van der Waals surface area contributed by atoms with Gasteiger partial charge in [0.15, 0.2) is 0 Å². The number of urea groups is 1. The minimum atomic E-state index is -0.310.